The van der Waals surface area contributed by atoms with Gasteiger partial charge in [-0.25, -0.2) is 14.4 Å². The van der Waals surface area contributed by atoms with Crippen LogP contribution in [0.1, 0.15) is 23.7 Å². The van der Waals surface area contributed by atoms with Crippen LogP contribution in [0.3, 0.4) is 0 Å². The van der Waals surface area contributed by atoms with Crippen molar-refractivity contribution in [2.75, 3.05) is 6.54 Å². The van der Waals surface area contributed by atoms with Crippen molar-refractivity contribution in [2.45, 2.75) is 26.2 Å². The van der Waals surface area contributed by atoms with Crippen LogP contribution in [0.2, 0.25) is 0 Å². The molecule has 1 aromatic carbocycles. The highest BCUT2D eigenvalue weighted by Gasteiger charge is 2.16. The van der Waals surface area contributed by atoms with E-state index in [9.17, 15) is 9.18 Å². The Kier molecular flexibility index (Phi) is 5.37. The second-order valence-electron chi connectivity index (χ2n) is 6.80. The lowest BCUT2D eigenvalue weighted by Gasteiger charge is -2.04. The molecule has 0 saturated heterocycles. The highest BCUT2D eigenvalue weighted by atomic mass is 19.1. The number of nitrogens with one attached hydrogen (secondary N) is 1. The van der Waals surface area contributed by atoms with E-state index in [1.165, 1.54) is 6.07 Å². The van der Waals surface area contributed by atoms with Crippen molar-refractivity contribution in [2.24, 2.45) is 0 Å². The van der Waals surface area contributed by atoms with E-state index in [0.29, 0.717) is 18.0 Å². The Morgan fingerprint density at radius 1 is 1.21 bits per heavy atom. The summed E-state index contributed by atoms with van der Waals surface area (Å²) >= 11 is 0. The van der Waals surface area contributed by atoms with Crippen molar-refractivity contribution in [3.05, 3.63) is 78.0 Å². The molecule has 29 heavy (non-hydrogen) atoms. The predicted molar refractivity (Wildman–Crippen MR) is 107 cm³/mol. The zero-order valence-corrected chi connectivity index (χ0v) is 16.1. The lowest BCUT2D eigenvalue weighted by molar-refractivity contribution is -0.120. The Bertz CT molecular complexity index is 1150. The first kappa shape index (κ1) is 18.9. The molecule has 3 heterocycles. The Balaban J connectivity index is 1.30. The number of halogens is 1. The molecule has 0 aliphatic rings. The Hall–Kier alpha value is -3.48. The zero-order valence-electron chi connectivity index (χ0n) is 16.1. The van der Waals surface area contributed by atoms with Crippen LogP contribution in [-0.2, 0) is 17.6 Å². The predicted octanol–water partition coefficient (Wildman–Crippen LogP) is 3.73. The number of imidazole rings is 1. The van der Waals surface area contributed by atoms with Crippen LogP contribution in [0.5, 0.6) is 0 Å². The molecule has 4 rings (SSSR count). The molecule has 0 unspecified atom stereocenters. The molecule has 0 bridgehead atoms. The summed E-state index contributed by atoms with van der Waals surface area (Å²) in [5.41, 5.74) is 1.85. The van der Waals surface area contributed by atoms with Gasteiger partial charge in [0, 0.05) is 19.2 Å². The molecule has 0 aliphatic heterocycles. The minimum Gasteiger partial charge on any atom is -0.441 e. The van der Waals surface area contributed by atoms with Crippen LogP contribution in [-0.4, -0.2) is 26.8 Å². The largest absolute Gasteiger partial charge is 0.441 e. The highest BCUT2D eigenvalue weighted by Crippen LogP contribution is 2.24. The number of oxazole rings is 1. The van der Waals surface area contributed by atoms with Crippen molar-refractivity contribution < 1.29 is 13.6 Å². The number of hydrogen-bond acceptors (Lipinski definition) is 4. The number of hydrogen-bond donors (Lipinski definition) is 1. The number of aromatic nitrogens is 3. The molecule has 7 heteroatoms. The number of fused-ring (bicyclic) bond motifs is 1. The van der Waals surface area contributed by atoms with Crippen molar-refractivity contribution >= 4 is 11.4 Å². The van der Waals surface area contributed by atoms with E-state index in [-0.39, 0.29) is 23.8 Å². The minimum atomic E-state index is -0.406. The normalized spacial score (nSPS) is 11.1. The summed E-state index contributed by atoms with van der Waals surface area (Å²) in [5, 5.41) is 2.90. The number of carbonyl (C=O) groups is 1. The molecule has 4 aromatic rings. The van der Waals surface area contributed by atoms with Gasteiger partial charge in [-0.15, -0.1) is 0 Å². The number of nitrogens with zero attached hydrogens (tertiary/aromatic N) is 3. The highest BCUT2D eigenvalue weighted by molar-refractivity contribution is 5.78. The van der Waals surface area contributed by atoms with Crippen LogP contribution in [0.15, 0.2) is 59.3 Å². The molecule has 1 amide bonds. The first-order chi connectivity index (χ1) is 14.1. The van der Waals surface area contributed by atoms with E-state index in [1.807, 2.05) is 35.0 Å². The molecule has 6 nitrogen and oxygen atoms in total. The molecular formula is C22H21FN4O2. The molecule has 0 fully saturated rings. The molecular weight excluding hydrogens is 371 g/mol. The number of aryl methyl sites for hydroxylation is 2. The summed E-state index contributed by atoms with van der Waals surface area (Å²) in [6.07, 6.45) is 5.46. The molecule has 0 saturated carbocycles. The number of amides is 1. The zero-order chi connectivity index (χ0) is 20.2. The van der Waals surface area contributed by atoms with Crippen LogP contribution in [0, 0.1) is 12.7 Å². The van der Waals surface area contributed by atoms with Gasteiger partial charge >= 0.3 is 0 Å². The van der Waals surface area contributed by atoms with E-state index >= 15 is 0 Å². The number of rotatable bonds is 7. The van der Waals surface area contributed by atoms with Gasteiger partial charge in [0.2, 0.25) is 11.8 Å². The van der Waals surface area contributed by atoms with E-state index in [0.717, 1.165) is 24.2 Å². The van der Waals surface area contributed by atoms with Gasteiger partial charge < -0.3 is 14.1 Å². The van der Waals surface area contributed by atoms with Gasteiger partial charge in [-0.1, -0.05) is 18.2 Å². The maximum Gasteiger partial charge on any atom is 0.229 e. The molecule has 1 N–H and O–H groups in total. The summed E-state index contributed by atoms with van der Waals surface area (Å²) in [4.78, 5) is 21.0. The lowest BCUT2D eigenvalue weighted by atomic mass is 10.2. The quantitative estimate of drug-likeness (QED) is 0.487. The van der Waals surface area contributed by atoms with Crippen molar-refractivity contribution in [1.29, 1.82) is 0 Å². The second kappa shape index (κ2) is 8.26. The fourth-order valence-electron chi connectivity index (χ4n) is 3.22. The van der Waals surface area contributed by atoms with Gasteiger partial charge in [-0.05, 0) is 37.6 Å². The second-order valence-corrected chi connectivity index (χ2v) is 6.80. The summed E-state index contributed by atoms with van der Waals surface area (Å²) in [5.74, 6) is 1.12. The fraction of sp³-hybridized carbons (Fsp3) is 0.227. The van der Waals surface area contributed by atoms with Gasteiger partial charge in [0.1, 0.15) is 17.4 Å². The average Bonchev–Trinajstić information content (AvgIpc) is 3.29. The third kappa shape index (κ3) is 4.18. The molecule has 3 aromatic heterocycles. The van der Waals surface area contributed by atoms with Crippen LogP contribution < -0.4 is 5.32 Å². The topological polar surface area (TPSA) is 72.4 Å². The van der Waals surface area contributed by atoms with Gasteiger partial charge in [-0.2, -0.15) is 0 Å². The third-order valence-corrected chi connectivity index (χ3v) is 4.74. The summed E-state index contributed by atoms with van der Waals surface area (Å²) in [6.45, 7) is 2.26. The molecule has 148 valence electrons. The smallest absolute Gasteiger partial charge is 0.229 e. The fourth-order valence-corrected chi connectivity index (χ4v) is 3.22. The van der Waals surface area contributed by atoms with Gasteiger partial charge in [0.15, 0.2) is 0 Å². The van der Waals surface area contributed by atoms with E-state index < -0.39 is 5.82 Å². The first-order valence-corrected chi connectivity index (χ1v) is 9.50. The van der Waals surface area contributed by atoms with Gasteiger partial charge in [0.05, 0.1) is 29.4 Å². The third-order valence-electron chi connectivity index (χ3n) is 4.74. The van der Waals surface area contributed by atoms with E-state index in [1.54, 1.807) is 25.1 Å². The Morgan fingerprint density at radius 2 is 2.03 bits per heavy atom. The standard InChI is InChI=1S/C22H21FN4O2/c1-15-19(26-22(29-15)17-8-2-3-9-18(17)23)13-21(28)24-11-6-10-20-25-14-16-7-4-5-12-27(16)20/h2-5,7-9,12,14H,6,10-11,13H2,1H3,(H,24,28). The number of carbonyl (C=O) groups excluding carboxylic acids is 1. The lowest BCUT2D eigenvalue weighted by Crippen LogP contribution is -2.26. The maximum atomic E-state index is 13.9. The first-order valence-electron chi connectivity index (χ1n) is 9.50. The van der Waals surface area contributed by atoms with E-state index in [4.69, 9.17) is 4.42 Å². The van der Waals surface area contributed by atoms with E-state index in [2.05, 4.69) is 15.3 Å². The monoisotopic (exact) mass is 392 g/mol. The maximum absolute atomic E-state index is 13.9. The molecule has 0 spiro atoms. The Morgan fingerprint density at radius 3 is 2.90 bits per heavy atom. The van der Waals surface area contributed by atoms with Gasteiger partial charge in [-0.3, -0.25) is 4.79 Å². The Labute approximate surface area is 167 Å². The summed E-state index contributed by atoms with van der Waals surface area (Å²) in [7, 11) is 0. The van der Waals surface area contributed by atoms with Gasteiger partial charge in [0.25, 0.3) is 0 Å². The average molecular weight is 392 g/mol. The number of pyridine rings is 1. The molecule has 0 aliphatic carbocycles. The minimum absolute atomic E-state index is 0.0933. The van der Waals surface area contributed by atoms with Crippen molar-refractivity contribution in [3.63, 3.8) is 0 Å². The summed E-state index contributed by atoms with van der Waals surface area (Å²) < 4.78 is 21.5. The molecule has 0 atom stereocenters. The van der Waals surface area contributed by atoms with Crippen molar-refractivity contribution in [1.82, 2.24) is 19.7 Å². The SMILES string of the molecule is Cc1oc(-c2ccccc2F)nc1CC(=O)NCCCc1ncc2ccccn12. The van der Waals surface area contributed by atoms with Crippen LogP contribution in [0.25, 0.3) is 17.0 Å². The van der Waals surface area contributed by atoms with Crippen LogP contribution >= 0.6 is 0 Å². The van der Waals surface area contributed by atoms with Crippen molar-refractivity contribution in [3.8, 4) is 11.5 Å². The van der Waals surface area contributed by atoms with Crippen LogP contribution in [0.4, 0.5) is 4.39 Å². The molecule has 0 radical (unpaired) electrons. The number of benzene rings is 1. The summed E-state index contributed by atoms with van der Waals surface area (Å²) in [6, 6.07) is 12.2.